The molecule has 4 nitrogen and oxygen atoms in total. The number of benzene rings is 13. The maximum absolute atomic E-state index is 6.46. The number of hydrogen-bond donors (Lipinski definition) is 0. The third-order valence-corrected chi connectivity index (χ3v) is 17.2. The molecule has 4 aromatic heterocycles. The van der Waals surface area contributed by atoms with Crippen molar-refractivity contribution in [1.82, 2.24) is 0 Å². The monoisotopic (exact) mass is 1060 g/mol. The average Bonchev–Trinajstić information content (AvgIpc) is 4.47. The van der Waals surface area contributed by atoms with Crippen molar-refractivity contribution < 1.29 is 17.7 Å². The van der Waals surface area contributed by atoms with Crippen LogP contribution in [-0.2, 0) is 0 Å². The molecular weight excluding hydrogens is 1010 g/mol. The molecule has 17 rings (SSSR count). The number of hydrogen-bond acceptors (Lipinski definition) is 4. The van der Waals surface area contributed by atoms with Crippen LogP contribution >= 0.6 is 0 Å². The molecule has 0 saturated heterocycles. The van der Waals surface area contributed by atoms with Gasteiger partial charge in [-0.15, -0.1) is 0 Å². The molecule has 0 amide bonds. The van der Waals surface area contributed by atoms with E-state index in [4.69, 9.17) is 17.7 Å². The molecule has 0 spiro atoms. The van der Waals surface area contributed by atoms with Crippen LogP contribution in [0.2, 0.25) is 0 Å². The predicted octanol–water partition coefficient (Wildman–Crippen LogP) is 23.1. The summed E-state index contributed by atoms with van der Waals surface area (Å²) in [5, 5.41) is 15.0. The topological polar surface area (TPSA) is 52.6 Å². The van der Waals surface area contributed by atoms with Gasteiger partial charge in [-0.25, -0.2) is 0 Å². The molecule has 17 aromatic rings. The van der Waals surface area contributed by atoms with Gasteiger partial charge < -0.3 is 17.7 Å². The Bertz CT molecular complexity index is 5460. The van der Waals surface area contributed by atoms with Crippen LogP contribution in [0.15, 0.2) is 279 Å². The van der Waals surface area contributed by atoms with E-state index in [2.05, 4.69) is 220 Å². The molecule has 0 atom stereocenters. The quantitative estimate of drug-likeness (QED) is 0.112. The van der Waals surface area contributed by atoms with E-state index in [1.54, 1.807) is 6.08 Å². The maximum atomic E-state index is 6.46. The average molecular weight is 1060 g/mol. The molecule has 0 bridgehead atoms. The molecule has 0 N–H and O–H groups in total. The maximum Gasteiger partial charge on any atom is 0.136 e. The van der Waals surface area contributed by atoms with Crippen molar-refractivity contribution in [2.75, 3.05) is 0 Å². The molecule has 83 heavy (non-hydrogen) atoms. The van der Waals surface area contributed by atoms with Gasteiger partial charge >= 0.3 is 0 Å². The Morgan fingerprint density at radius 3 is 0.880 bits per heavy atom. The molecular formula is C79H48O4. The first-order valence-corrected chi connectivity index (χ1v) is 28.2. The lowest BCUT2D eigenvalue weighted by molar-refractivity contribution is 0.601. The van der Waals surface area contributed by atoms with E-state index in [-0.39, 0.29) is 0 Å². The van der Waals surface area contributed by atoms with E-state index in [1.807, 2.05) is 48.6 Å². The van der Waals surface area contributed by atoms with E-state index in [9.17, 15) is 0 Å². The van der Waals surface area contributed by atoms with Crippen molar-refractivity contribution in [1.29, 1.82) is 0 Å². The number of aryl methyl sites for hydroxylation is 1. The summed E-state index contributed by atoms with van der Waals surface area (Å²) < 4.78 is 25.8. The second kappa shape index (κ2) is 18.3. The Morgan fingerprint density at radius 1 is 0.241 bits per heavy atom. The van der Waals surface area contributed by atoms with Gasteiger partial charge in [-0.05, 0) is 221 Å². The normalized spacial score (nSPS) is 12.2. The van der Waals surface area contributed by atoms with Gasteiger partial charge in [-0.1, -0.05) is 152 Å². The summed E-state index contributed by atoms with van der Waals surface area (Å²) in [6.45, 7) is 5.98. The number of allylic oxidation sites excluding steroid dienone is 2. The Balaban J connectivity index is 0.816. The molecule has 4 heteroatoms. The highest BCUT2D eigenvalue weighted by molar-refractivity contribution is 6.26. The van der Waals surface area contributed by atoms with E-state index in [1.165, 1.54) is 32.3 Å². The fourth-order valence-corrected chi connectivity index (χ4v) is 13.0. The zero-order valence-electron chi connectivity index (χ0n) is 45.2. The van der Waals surface area contributed by atoms with E-state index in [0.717, 1.165) is 155 Å². The zero-order chi connectivity index (χ0) is 54.9. The Kier molecular flexibility index (Phi) is 10.3. The first-order valence-electron chi connectivity index (χ1n) is 28.2. The molecule has 0 aliphatic carbocycles. The van der Waals surface area contributed by atoms with E-state index in [0.29, 0.717) is 0 Å². The van der Waals surface area contributed by atoms with Gasteiger partial charge in [-0.3, -0.25) is 0 Å². The van der Waals surface area contributed by atoms with E-state index < -0.39 is 0 Å². The SMILES string of the molecule is C=C/C=C\c1oc2cc(-c3cc(-c4ccc5c(c4)oc4ccccc45)cc(-c4ccc5c6ccc(-c7cc(-c8ccc9c(c8)oc8ccccc89)cc(-c8ccc9c(c8)oc8ccccc89)c7)cc6c6ccccc6c5c4)c3)ccc2c1C. The Hall–Kier alpha value is -10.9. The lowest BCUT2D eigenvalue weighted by atomic mass is 9.88. The second-order valence-corrected chi connectivity index (χ2v) is 22.0. The van der Waals surface area contributed by atoms with E-state index >= 15 is 0 Å². The fourth-order valence-electron chi connectivity index (χ4n) is 13.0. The van der Waals surface area contributed by atoms with Gasteiger partial charge in [0.25, 0.3) is 0 Å². The van der Waals surface area contributed by atoms with Crippen LogP contribution in [-0.4, -0.2) is 0 Å². The second-order valence-electron chi connectivity index (χ2n) is 22.0. The first kappa shape index (κ1) is 46.9. The molecule has 4 heterocycles. The number of fused-ring (bicyclic) bond motifs is 16. The summed E-state index contributed by atoms with van der Waals surface area (Å²) in [5.74, 6) is 0.836. The summed E-state index contributed by atoms with van der Waals surface area (Å²) in [4.78, 5) is 0. The zero-order valence-corrected chi connectivity index (χ0v) is 45.2. The fraction of sp³-hybridized carbons (Fsp3) is 0.0127. The highest BCUT2D eigenvalue weighted by Gasteiger charge is 2.19. The summed E-state index contributed by atoms with van der Waals surface area (Å²) >= 11 is 0. The molecule has 13 aromatic carbocycles. The van der Waals surface area contributed by atoms with Gasteiger partial charge in [0.2, 0.25) is 0 Å². The third kappa shape index (κ3) is 7.61. The van der Waals surface area contributed by atoms with Gasteiger partial charge in [0, 0.05) is 43.3 Å². The minimum Gasteiger partial charge on any atom is -0.456 e. The third-order valence-electron chi connectivity index (χ3n) is 17.2. The standard InChI is InChI=1S/C79H48O4/c1-3-4-18-72-46(2)59-28-22-49(42-76(59)80-72)55-34-53(35-56(38-55)50-25-31-67-64-15-7-10-19-73(64)81-77(67)43-50)47-23-29-62-63-30-24-48(41-71(63)61-14-6-5-13-60(61)70(62)40-47)54-36-57(51-26-32-68-65-16-8-11-20-74(65)82-78(68)44-51)39-58(37-54)52-27-33-69-66-17-9-12-21-75(66)83-79(69)45-52/h3-45H,1H2,2H3/b18-4-. The lowest BCUT2D eigenvalue weighted by Gasteiger charge is -2.16. The minimum absolute atomic E-state index is 0.836. The van der Waals surface area contributed by atoms with Gasteiger partial charge in [0.15, 0.2) is 0 Å². The molecule has 388 valence electrons. The summed E-state index contributed by atoms with van der Waals surface area (Å²) in [6, 6.07) is 87.9. The highest BCUT2D eigenvalue weighted by Crippen LogP contribution is 2.44. The predicted molar refractivity (Wildman–Crippen MR) is 347 cm³/mol. The Morgan fingerprint density at radius 2 is 0.518 bits per heavy atom. The Labute approximate surface area is 476 Å². The molecule has 0 saturated carbocycles. The van der Waals surface area contributed by atoms with Crippen LogP contribution < -0.4 is 0 Å². The lowest BCUT2D eigenvalue weighted by Crippen LogP contribution is -1.89. The van der Waals surface area contributed by atoms with Crippen molar-refractivity contribution in [3.05, 3.63) is 273 Å². The van der Waals surface area contributed by atoms with Crippen LogP contribution in [0.5, 0.6) is 0 Å². The van der Waals surface area contributed by atoms with Crippen LogP contribution in [0.3, 0.4) is 0 Å². The summed E-state index contributed by atoms with van der Waals surface area (Å²) in [7, 11) is 0. The molecule has 0 radical (unpaired) electrons. The van der Waals surface area contributed by atoms with Crippen LogP contribution in [0, 0.1) is 6.92 Å². The largest absolute Gasteiger partial charge is 0.456 e. The highest BCUT2D eigenvalue weighted by atomic mass is 16.3. The number of para-hydroxylation sites is 3. The van der Waals surface area contributed by atoms with Gasteiger partial charge in [0.1, 0.15) is 44.8 Å². The number of rotatable bonds is 8. The summed E-state index contributed by atoms with van der Waals surface area (Å²) in [5.41, 5.74) is 20.4. The van der Waals surface area contributed by atoms with Crippen molar-refractivity contribution in [3.63, 3.8) is 0 Å². The molecule has 0 aliphatic heterocycles. The summed E-state index contributed by atoms with van der Waals surface area (Å²) in [6.07, 6.45) is 5.67. The van der Waals surface area contributed by atoms with Crippen molar-refractivity contribution in [2.24, 2.45) is 0 Å². The molecule has 0 fully saturated rings. The van der Waals surface area contributed by atoms with Gasteiger partial charge in [0.05, 0.1) is 0 Å². The molecule has 0 unspecified atom stereocenters. The van der Waals surface area contributed by atoms with Crippen LogP contribution in [0.25, 0.3) is 182 Å². The number of furan rings is 4. The minimum atomic E-state index is 0.836. The van der Waals surface area contributed by atoms with Crippen molar-refractivity contribution in [3.8, 4) is 66.8 Å². The first-order chi connectivity index (χ1) is 40.9. The van der Waals surface area contributed by atoms with Crippen LogP contribution in [0.1, 0.15) is 11.3 Å². The van der Waals surface area contributed by atoms with Crippen molar-refractivity contribution >= 4 is 115 Å². The van der Waals surface area contributed by atoms with Crippen LogP contribution in [0.4, 0.5) is 0 Å². The van der Waals surface area contributed by atoms with Crippen molar-refractivity contribution in [2.45, 2.75) is 6.92 Å². The van der Waals surface area contributed by atoms with Gasteiger partial charge in [-0.2, -0.15) is 0 Å². The smallest absolute Gasteiger partial charge is 0.136 e. The molecule has 0 aliphatic rings.